The van der Waals surface area contributed by atoms with E-state index >= 15 is 0 Å². The molecule has 2 N–H and O–H groups in total. The maximum atomic E-state index is 13.1. The topological polar surface area (TPSA) is 107 Å². The molecule has 1 saturated heterocycles. The number of nitrogens with zero attached hydrogens (tertiary/aromatic N) is 2. The molecule has 1 aliphatic heterocycles. The van der Waals surface area contributed by atoms with Gasteiger partial charge in [-0.15, -0.1) is 0 Å². The molecule has 0 aromatic heterocycles. The molecule has 1 fully saturated rings. The van der Waals surface area contributed by atoms with Gasteiger partial charge in [0.05, 0.1) is 0 Å². The summed E-state index contributed by atoms with van der Waals surface area (Å²) in [5, 5.41) is 14.8. The first-order chi connectivity index (χ1) is 18.9. The molecule has 8 nitrogen and oxygen atoms in total. The van der Waals surface area contributed by atoms with Gasteiger partial charge in [0.25, 0.3) is 0 Å². The van der Waals surface area contributed by atoms with Crippen molar-refractivity contribution < 1.29 is 29.3 Å². The Morgan fingerprint density at radius 3 is 1.95 bits per heavy atom. The molecule has 0 unspecified atom stereocenters. The average molecular weight is 533 g/mol. The van der Waals surface area contributed by atoms with Crippen LogP contribution in [0.1, 0.15) is 36.5 Å². The zero-order valence-electron chi connectivity index (χ0n) is 22.2. The summed E-state index contributed by atoms with van der Waals surface area (Å²) in [7, 11) is 0. The fourth-order valence-corrected chi connectivity index (χ4v) is 4.48. The number of piperidine rings is 1. The third-order valence-electron chi connectivity index (χ3n) is 6.58. The standard InChI is InChI=1S/C29H34N2O2.C2H2O4/c1-2-31(22-24-10-5-3-6-11-24)29(32)27-16-18-30(19-17-27)21-26-14-9-15-28(20-26)33-23-25-12-7-4-8-13-25;3-1(4)2(5)6/h3-15,20,27H,2,16-19,21-23H2,1H3;(H,3,4)(H,5,6). The van der Waals surface area contributed by atoms with Crippen molar-refractivity contribution in [3.05, 3.63) is 102 Å². The molecule has 1 heterocycles. The van der Waals surface area contributed by atoms with Gasteiger partial charge in [-0.3, -0.25) is 9.69 Å². The van der Waals surface area contributed by atoms with Crippen molar-refractivity contribution in [1.29, 1.82) is 0 Å². The number of amides is 1. The van der Waals surface area contributed by atoms with Crippen LogP contribution in [0.2, 0.25) is 0 Å². The molecule has 8 heteroatoms. The third kappa shape index (κ3) is 9.90. The van der Waals surface area contributed by atoms with Gasteiger partial charge < -0.3 is 19.8 Å². The molecule has 1 aliphatic rings. The largest absolute Gasteiger partial charge is 0.489 e. The quantitative estimate of drug-likeness (QED) is 0.385. The van der Waals surface area contributed by atoms with Crippen LogP contribution < -0.4 is 4.74 Å². The van der Waals surface area contributed by atoms with Gasteiger partial charge in [0, 0.05) is 25.6 Å². The van der Waals surface area contributed by atoms with Gasteiger partial charge in [-0.25, -0.2) is 9.59 Å². The molecule has 3 aromatic rings. The molecule has 0 saturated carbocycles. The Bertz CT molecular complexity index is 1180. The summed E-state index contributed by atoms with van der Waals surface area (Å²) in [6.07, 6.45) is 1.85. The number of aliphatic carboxylic acids is 2. The van der Waals surface area contributed by atoms with Crippen LogP contribution in [0.25, 0.3) is 0 Å². The Kier molecular flexibility index (Phi) is 11.5. The van der Waals surface area contributed by atoms with Crippen LogP contribution >= 0.6 is 0 Å². The number of ether oxygens (including phenoxy) is 1. The van der Waals surface area contributed by atoms with Gasteiger partial charge in [0.15, 0.2) is 0 Å². The van der Waals surface area contributed by atoms with E-state index in [1.165, 1.54) is 16.7 Å². The van der Waals surface area contributed by atoms with Crippen molar-refractivity contribution in [2.45, 2.75) is 39.5 Å². The highest BCUT2D eigenvalue weighted by Crippen LogP contribution is 2.23. The summed E-state index contributed by atoms with van der Waals surface area (Å²) in [4.78, 5) is 35.8. The van der Waals surface area contributed by atoms with Crippen LogP contribution in [0.4, 0.5) is 0 Å². The maximum absolute atomic E-state index is 13.1. The second kappa shape index (κ2) is 15.3. The Labute approximate surface area is 229 Å². The molecule has 0 spiro atoms. The Morgan fingerprint density at radius 1 is 0.821 bits per heavy atom. The van der Waals surface area contributed by atoms with Crippen LogP contribution in [0.15, 0.2) is 84.9 Å². The van der Waals surface area contributed by atoms with Gasteiger partial charge in [-0.05, 0) is 61.7 Å². The van der Waals surface area contributed by atoms with Gasteiger partial charge in [0.2, 0.25) is 5.91 Å². The lowest BCUT2D eigenvalue weighted by atomic mass is 9.94. The molecule has 0 aliphatic carbocycles. The average Bonchev–Trinajstić information content (AvgIpc) is 2.96. The highest BCUT2D eigenvalue weighted by Gasteiger charge is 2.28. The first kappa shape index (κ1) is 29.4. The lowest BCUT2D eigenvalue weighted by Crippen LogP contribution is -2.42. The number of rotatable bonds is 9. The Balaban J connectivity index is 0.000000631. The molecular formula is C31H36N2O6. The summed E-state index contributed by atoms with van der Waals surface area (Å²) >= 11 is 0. The molecule has 206 valence electrons. The number of carbonyl (C=O) groups excluding carboxylic acids is 1. The smallest absolute Gasteiger partial charge is 0.414 e. The maximum Gasteiger partial charge on any atom is 0.414 e. The number of carboxylic acid groups (broad SMARTS) is 2. The van der Waals surface area contributed by atoms with E-state index in [9.17, 15) is 4.79 Å². The number of benzene rings is 3. The van der Waals surface area contributed by atoms with Crippen molar-refractivity contribution in [3.63, 3.8) is 0 Å². The molecule has 4 rings (SSSR count). The molecule has 0 bridgehead atoms. The van der Waals surface area contributed by atoms with E-state index in [0.717, 1.165) is 44.8 Å². The van der Waals surface area contributed by atoms with Gasteiger partial charge in [-0.1, -0.05) is 72.8 Å². The van der Waals surface area contributed by atoms with E-state index in [4.69, 9.17) is 24.5 Å². The summed E-state index contributed by atoms with van der Waals surface area (Å²) in [5.41, 5.74) is 3.62. The minimum absolute atomic E-state index is 0.130. The van der Waals surface area contributed by atoms with E-state index in [0.29, 0.717) is 19.1 Å². The minimum Gasteiger partial charge on any atom is -0.489 e. The van der Waals surface area contributed by atoms with Gasteiger partial charge >= 0.3 is 11.9 Å². The van der Waals surface area contributed by atoms with Crippen LogP contribution in [0, 0.1) is 5.92 Å². The minimum atomic E-state index is -1.82. The SMILES string of the molecule is CCN(Cc1ccccc1)C(=O)C1CCN(Cc2cccc(OCc3ccccc3)c2)CC1.O=C(O)C(=O)O. The number of hydrogen-bond donors (Lipinski definition) is 2. The van der Waals surface area contributed by atoms with Crippen molar-refractivity contribution in [2.24, 2.45) is 5.92 Å². The van der Waals surface area contributed by atoms with Crippen LogP contribution in [-0.2, 0) is 34.1 Å². The number of likely N-dealkylation sites (tertiary alicyclic amines) is 1. The van der Waals surface area contributed by atoms with Crippen LogP contribution in [0.3, 0.4) is 0 Å². The first-order valence-corrected chi connectivity index (χ1v) is 13.1. The van der Waals surface area contributed by atoms with Gasteiger partial charge in [0.1, 0.15) is 12.4 Å². The Hall–Kier alpha value is -4.17. The predicted octanol–water partition coefficient (Wildman–Crippen LogP) is 4.68. The van der Waals surface area contributed by atoms with Crippen LogP contribution in [0.5, 0.6) is 5.75 Å². The van der Waals surface area contributed by atoms with Crippen molar-refractivity contribution in [3.8, 4) is 5.75 Å². The first-order valence-electron chi connectivity index (χ1n) is 13.1. The monoisotopic (exact) mass is 532 g/mol. The second-order valence-electron chi connectivity index (χ2n) is 9.42. The Morgan fingerprint density at radius 2 is 1.38 bits per heavy atom. The molecule has 1 amide bonds. The van der Waals surface area contributed by atoms with E-state index in [2.05, 4.69) is 54.3 Å². The number of hydrogen-bond acceptors (Lipinski definition) is 5. The van der Waals surface area contributed by atoms with Crippen molar-refractivity contribution in [2.75, 3.05) is 19.6 Å². The summed E-state index contributed by atoms with van der Waals surface area (Å²) in [6.45, 7) is 6.90. The normalized spacial score (nSPS) is 13.6. The number of carboxylic acids is 2. The zero-order valence-corrected chi connectivity index (χ0v) is 22.2. The highest BCUT2D eigenvalue weighted by molar-refractivity contribution is 6.27. The summed E-state index contributed by atoms with van der Waals surface area (Å²) in [6, 6.07) is 28.9. The summed E-state index contributed by atoms with van der Waals surface area (Å²) in [5.74, 6) is -2.31. The fraction of sp³-hybridized carbons (Fsp3) is 0.323. The summed E-state index contributed by atoms with van der Waals surface area (Å²) < 4.78 is 5.99. The van der Waals surface area contributed by atoms with E-state index in [1.807, 2.05) is 47.4 Å². The van der Waals surface area contributed by atoms with E-state index in [-0.39, 0.29) is 5.92 Å². The van der Waals surface area contributed by atoms with E-state index in [1.54, 1.807) is 0 Å². The van der Waals surface area contributed by atoms with Crippen LogP contribution in [-0.4, -0.2) is 57.5 Å². The second-order valence-corrected chi connectivity index (χ2v) is 9.42. The zero-order chi connectivity index (χ0) is 28.0. The molecular weight excluding hydrogens is 496 g/mol. The van der Waals surface area contributed by atoms with Gasteiger partial charge in [-0.2, -0.15) is 0 Å². The highest BCUT2D eigenvalue weighted by atomic mass is 16.5. The molecule has 39 heavy (non-hydrogen) atoms. The van der Waals surface area contributed by atoms with Crippen molar-refractivity contribution >= 4 is 17.8 Å². The predicted molar refractivity (Wildman–Crippen MR) is 148 cm³/mol. The molecule has 3 aromatic carbocycles. The molecule has 0 atom stereocenters. The lowest BCUT2D eigenvalue weighted by molar-refractivity contribution is -0.159. The molecule has 0 radical (unpaired) electrons. The van der Waals surface area contributed by atoms with Crippen molar-refractivity contribution in [1.82, 2.24) is 9.80 Å². The third-order valence-corrected chi connectivity index (χ3v) is 6.58. The number of carbonyl (C=O) groups is 3. The fourth-order valence-electron chi connectivity index (χ4n) is 4.48. The lowest BCUT2D eigenvalue weighted by Gasteiger charge is -2.34. The van der Waals surface area contributed by atoms with E-state index < -0.39 is 11.9 Å².